The average Bonchev–Trinajstić information content (AvgIpc) is 3.11. The maximum Gasteiger partial charge on any atom is 0.323 e. The first kappa shape index (κ1) is 13.1. The first-order valence-electron chi connectivity index (χ1n) is 7.02. The second-order valence-electron chi connectivity index (χ2n) is 5.18. The molecule has 5 nitrogen and oxygen atoms in total. The fourth-order valence-electron chi connectivity index (χ4n) is 2.98. The lowest BCUT2D eigenvalue weighted by molar-refractivity contribution is -0.145. The highest BCUT2D eigenvalue weighted by Crippen LogP contribution is 2.21. The molecule has 0 spiro atoms. The lowest BCUT2D eigenvalue weighted by Crippen LogP contribution is -2.38. The number of fused-ring (bicyclic) bond motifs is 1. The Balaban J connectivity index is 1.68. The number of rotatable bonds is 4. The van der Waals surface area contributed by atoms with Gasteiger partial charge >= 0.3 is 5.97 Å². The second-order valence-corrected chi connectivity index (χ2v) is 5.18. The maximum atomic E-state index is 11.7. The molecule has 2 aromatic rings. The molecule has 3 heterocycles. The van der Waals surface area contributed by atoms with Crippen molar-refractivity contribution in [2.75, 3.05) is 20.2 Å². The number of pyridine rings is 1. The largest absolute Gasteiger partial charge is 0.468 e. The van der Waals surface area contributed by atoms with Gasteiger partial charge in [0.2, 0.25) is 0 Å². The van der Waals surface area contributed by atoms with Crippen molar-refractivity contribution in [2.45, 2.75) is 25.3 Å². The van der Waals surface area contributed by atoms with Crippen LogP contribution in [0.4, 0.5) is 0 Å². The molecule has 0 bridgehead atoms. The highest BCUT2D eigenvalue weighted by molar-refractivity contribution is 5.79. The van der Waals surface area contributed by atoms with E-state index in [-0.39, 0.29) is 12.0 Å². The molecule has 0 saturated carbocycles. The van der Waals surface area contributed by atoms with Gasteiger partial charge in [0.05, 0.1) is 7.11 Å². The van der Waals surface area contributed by atoms with Gasteiger partial charge in [-0.15, -0.1) is 0 Å². The predicted molar refractivity (Wildman–Crippen MR) is 76.4 cm³/mol. The average molecular weight is 273 g/mol. The minimum absolute atomic E-state index is 0.0664. The molecule has 1 aliphatic heterocycles. The molecule has 20 heavy (non-hydrogen) atoms. The van der Waals surface area contributed by atoms with Crippen molar-refractivity contribution in [3.63, 3.8) is 0 Å². The van der Waals surface area contributed by atoms with Crippen LogP contribution in [0.1, 0.15) is 18.4 Å². The van der Waals surface area contributed by atoms with Crippen LogP contribution in [-0.2, 0) is 16.0 Å². The highest BCUT2D eigenvalue weighted by atomic mass is 16.5. The SMILES string of the molecule is COC(=O)[C@@H]1CCCN1CCc1c[nH]c2ncccc12. The molecule has 0 aliphatic carbocycles. The van der Waals surface area contributed by atoms with Crippen LogP contribution in [0.3, 0.4) is 0 Å². The predicted octanol–water partition coefficient (Wildman–Crippen LogP) is 1.74. The summed E-state index contributed by atoms with van der Waals surface area (Å²) in [6.45, 7) is 1.85. The van der Waals surface area contributed by atoms with Crippen LogP contribution in [0.2, 0.25) is 0 Å². The molecule has 2 aromatic heterocycles. The Hall–Kier alpha value is -1.88. The number of H-pyrrole nitrogens is 1. The van der Waals surface area contributed by atoms with Gasteiger partial charge in [-0.1, -0.05) is 0 Å². The zero-order chi connectivity index (χ0) is 13.9. The Bertz CT molecular complexity index is 608. The third-order valence-electron chi connectivity index (χ3n) is 4.04. The summed E-state index contributed by atoms with van der Waals surface area (Å²) in [5.74, 6) is -0.108. The van der Waals surface area contributed by atoms with E-state index >= 15 is 0 Å². The number of carbonyl (C=O) groups excluding carboxylic acids is 1. The van der Waals surface area contributed by atoms with E-state index in [2.05, 4.69) is 20.9 Å². The number of esters is 1. The van der Waals surface area contributed by atoms with Gasteiger partial charge in [0.15, 0.2) is 0 Å². The van der Waals surface area contributed by atoms with Gasteiger partial charge in [0.1, 0.15) is 11.7 Å². The van der Waals surface area contributed by atoms with Gasteiger partial charge in [0.25, 0.3) is 0 Å². The van der Waals surface area contributed by atoms with Gasteiger partial charge < -0.3 is 9.72 Å². The van der Waals surface area contributed by atoms with Crippen molar-refractivity contribution in [3.8, 4) is 0 Å². The number of methoxy groups -OCH3 is 1. The number of ether oxygens (including phenoxy) is 1. The summed E-state index contributed by atoms with van der Waals surface area (Å²) in [5.41, 5.74) is 2.18. The van der Waals surface area contributed by atoms with E-state index in [1.807, 2.05) is 12.3 Å². The fraction of sp³-hybridized carbons (Fsp3) is 0.467. The number of nitrogens with one attached hydrogen (secondary N) is 1. The zero-order valence-electron chi connectivity index (χ0n) is 11.6. The Labute approximate surface area is 117 Å². The molecule has 0 amide bonds. The molecule has 1 atom stereocenters. The molecule has 1 saturated heterocycles. The molecule has 1 N–H and O–H groups in total. The Kier molecular flexibility index (Phi) is 3.69. The van der Waals surface area contributed by atoms with Gasteiger partial charge in [-0.05, 0) is 43.5 Å². The molecular weight excluding hydrogens is 254 g/mol. The highest BCUT2D eigenvalue weighted by Gasteiger charge is 2.30. The van der Waals surface area contributed by atoms with Crippen LogP contribution in [0.15, 0.2) is 24.5 Å². The molecule has 0 unspecified atom stereocenters. The molecule has 0 radical (unpaired) electrons. The smallest absolute Gasteiger partial charge is 0.323 e. The number of carbonyl (C=O) groups is 1. The van der Waals surface area contributed by atoms with E-state index in [0.29, 0.717) is 0 Å². The van der Waals surface area contributed by atoms with E-state index in [9.17, 15) is 4.79 Å². The molecule has 1 fully saturated rings. The van der Waals surface area contributed by atoms with Crippen molar-refractivity contribution in [1.29, 1.82) is 0 Å². The summed E-state index contributed by atoms with van der Waals surface area (Å²) in [4.78, 5) is 21.4. The monoisotopic (exact) mass is 273 g/mol. The van der Waals surface area contributed by atoms with Crippen molar-refractivity contribution in [1.82, 2.24) is 14.9 Å². The van der Waals surface area contributed by atoms with E-state index < -0.39 is 0 Å². The first-order valence-corrected chi connectivity index (χ1v) is 7.02. The van der Waals surface area contributed by atoms with E-state index in [0.717, 1.165) is 38.0 Å². The topological polar surface area (TPSA) is 58.2 Å². The normalized spacial score (nSPS) is 19.6. The summed E-state index contributed by atoms with van der Waals surface area (Å²) in [6.07, 6.45) is 6.69. The van der Waals surface area contributed by atoms with Crippen molar-refractivity contribution in [3.05, 3.63) is 30.1 Å². The number of likely N-dealkylation sites (tertiary alicyclic amines) is 1. The number of nitrogens with zero attached hydrogens (tertiary/aromatic N) is 2. The van der Waals surface area contributed by atoms with Crippen molar-refractivity contribution in [2.24, 2.45) is 0 Å². The quantitative estimate of drug-likeness (QED) is 0.862. The van der Waals surface area contributed by atoms with E-state index in [1.54, 1.807) is 6.20 Å². The number of aromatic nitrogens is 2. The van der Waals surface area contributed by atoms with Crippen LogP contribution in [-0.4, -0.2) is 47.1 Å². The molecule has 106 valence electrons. The number of hydrogen-bond donors (Lipinski definition) is 1. The van der Waals surface area contributed by atoms with Gasteiger partial charge in [0, 0.05) is 24.3 Å². The summed E-state index contributed by atoms with van der Waals surface area (Å²) >= 11 is 0. The van der Waals surface area contributed by atoms with Gasteiger partial charge in [-0.2, -0.15) is 0 Å². The van der Waals surface area contributed by atoms with Crippen LogP contribution in [0, 0.1) is 0 Å². The Morgan fingerprint density at radius 2 is 2.50 bits per heavy atom. The first-order chi connectivity index (χ1) is 9.79. The number of aromatic amines is 1. The molecule has 0 aromatic carbocycles. The van der Waals surface area contributed by atoms with Crippen molar-refractivity contribution < 1.29 is 9.53 Å². The minimum atomic E-state index is -0.108. The Morgan fingerprint density at radius 3 is 3.35 bits per heavy atom. The maximum absolute atomic E-state index is 11.7. The fourth-order valence-corrected chi connectivity index (χ4v) is 2.98. The molecule has 5 heteroatoms. The summed E-state index contributed by atoms with van der Waals surface area (Å²) < 4.78 is 4.87. The third kappa shape index (κ3) is 2.41. The van der Waals surface area contributed by atoms with Crippen LogP contribution < -0.4 is 0 Å². The van der Waals surface area contributed by atoms with Crippen LogP contribution >= 0.6 is 0 Å². The van der Waals surface area contributed by atoms with Gasteiger partial charge in [-0.3, -0.25) is 9.69 Å². The zero-order valence-corrected chi connectivity index (χ0v) is 11.6. The third-order valence-corrected chi connectivity index (χ3v) is 4.04. The standard InChI is InChI=1S/C15H19N3O2/c1-20-15(19)13-5-3-8-18(13)9-6-11-10-17-14-12(11)4-2-7-16-14/h2,4,7,10,13H,3,5-6,8-9H2,1H3,(H,16,17)/t13-/m0/s1. The summed E-state index contributed by atoms with van der Waals surface area (Å²) in [7, 11) is 1.46. The van der Waals surface area contributed by atoms with Crippen LogP contribution in [0.25, 0.3) is 11.0 Å². The molecule has 3 rings (SSSR count). The minimum Gasteiger partial charge on any atom is -0.468 e. The summed E-state index contributed by atoms with van der Waals surface area (Å²) in [5, 5.41) is 1.17. The lowest BCUT2D eigenvalue weighted by Gasteiger charge is -2.21. The second kappa shape index (κ2) is 5.63. The Morgan fingerprint density at radius 1 is 1.60 bits per heavy atom. The number of hydrogen-bond acceptors (Lipinski definition) is 4. The molecular formula is C15H19N3O2. The van der Waals surface area contributed by atoms with Crippen molar-refractivity contribution >= 4 is 17.0 Å². The molecule has 1 aliphatic rings. The lowest BCUT2D eigenvalue weighted by atomic mass is 10.1. The summed E-state index contributed by atoms with van der Waals surface area (Å²) in [6, 6.07) is 3.96. The van der Waals surface area contributed by atoms with E-state index in [4.69, 9.17) is 4.74 Å². The van der Waals surface area contributed by atoms with E-state index in [1.165, 1.54) is 18.1 Å². The van der Waals surface area contributed by atoms with Crippen LogP contribution in [0.5, 0.6) is 0 Å². The van der Waals surface area contributed by atoms with Gasteiger partial charge in [-0.25, -0.2) is 4.98 Å².